The van der Waals surface area contributed by atoms with Crippen molar-refractivity contribution in [3.05, 3.63) is 60.4 Å². The highest BCUT2D eigenvalue weighted by atomic mass is 16.5. The highest BCUT2D eigenvalue weighted by molar-refractivity contribution is 6.10. The highest BCUT2D eigenvalue weighted by Crippen LogP contribution is 2.41. The molecule has 0 bridgehead atoms. The Bertz CT molecular complexity index is 1090. The number of ether oxygens (including phenoxy) is 1. The van der Waals surface area contributed by atoms with E-state index in [1.54, 1.807) is 29.4 Å². The molecule has 1 saturated heterocycles. The SMILES string of the molecule is C#CCN(C(=O)CC1(c2ccccc2)CC(=O)N(CCCOc2cccnc2)C1=O)C1CCCCC1. The molecule has 2 fully saturated rings. The van der Waals surface area contributed by atoms with Gasteiger partial charge in [-0.2, -0.15) is 0 Å². The molecule has 1 aromatic heterocycles. The second kappa shape index (κ2) is 11.9. The molecule has 7 heteroatoms. The van der Waals surface area contributed by atoms with Crippen LogP contribution in [0.2, 0.25) is 0 Å². The fourth-order valence-electron chi connectivity index (χ4n) is 5.37. The lowest BCUT2D eigenvalue weighted by atomic mass is 9.75. The number of rotatable bonds is 10. The number of nitrogens with zero attached hydrogens (tertiary/aromatic N) is 3. The van der Waals surface area contributed by atoms with Crippen molar-refractivity contribution in [2.75, 3.05) is 19.7 Å². The molecule has 3 amide bonds. The van der Waals surface area contributed by atoms with Crippen LogP contribution in [0, 0.1) is 12.3 Å². The van der Waals surface area contributed by atoms with Crippen LogP contribution >= 0.6 is 0 Å². The third-order valence-corrected chi connectivity index (χ3v) is 7.21. The predicted molar refractivity (Wildman–Crippen MR) is 136 cm³/mol. The summed E-state index contributed by atoms with van der Waals surface area (Å²) >= 11 is 0. The topological polar surface area (TPSA) is 79.8 Å². The molecule has 0 radical (unpaired) electrons. The van der Waals surface area contributed by atoms with E-state index in [0.717, 1.165) is 32.1 Å². The molecule has 2 aromatic rings. The quantitative estimate of drug-likeness (QED) is 0.290. The first-order valence-corrected chi connectivity index (χ1v) is 12.7. The third kappa shape index (κ3) is 5.59. The number of aromatic nitrogens is 1. The van der Waals surface area contributed by atoms with Gasteiger partial charge in [0.25, 0.3) is 0 Å². The minimum Gasteiger partial charge on any atom is -0.492 e. The number of pyridine rings is 1. The first-order valence-electron chi connectivity index (χ1n) is 12.7. The van der Waals surface area contributed by atoms with Gasteiger partial charge in [0.05, 0.1) is 24.8 Å². The van der Waals surface area contributed by atoms with Crippen LogP contribution in [0.3, 0.4) is 0 Å². The number of terminal acetylenes is 1. The number of hydrogen-bond donors (Lipinski definition) is 0. The van der Waals surface area contributed by atoms with Crippen molar-refractivity contribution >= 4 is 17.7 Å². The lowest BCUT2D eigenvalue weighted by Gasteiger charge is -2.36. The van der Waals surface area contributed by atoms with Crippen LogP contribution in [0.4, 0.5) is 0 Å². The molecule has 1 aliphatic carbocycles. The van der Waals surface area contributed by atoms with Crippen molar-refractivity contribution in [3.8, 4) is 18.1 Å². The van der Waals surface area contributed by atoms with Crippen molar-refractivity contribution in [1.29, 1.82) is 0 Å². The summed E-state index contributed by atoms with van der Waals surface area (Å²) in [6.45, 7) is 0.793. The average Bonchev–Trinajstić information content (AvgIpc) is 3.16. The maximum Gasteiger partial charge on any atom is 0.240 e. The number of hydrogen-bond acceptors (Lipinski definition) is 5. The molecule has 0 N–H and O–H groups in total. The maximum atomic E-state index is 13.8. The van der Waals surface area contributed by atoms with E-state index >= 15 is 0 Å². The van der Waals surface area contributed by atoms with Gasteiger partial charge in [-0.1, -0.05) is 55.5 Å². The summed E-state index contributed by atoms with van der Waals surface area (Å²) in [5.74, 6) is 2.51. The molecule has 2 heterocycles. The van der Waals surface area contributed by atoms with E-state index in [9.17, 15) is 14.4 Å². The Balaban J connectivity index is 1.51. The van der Waals surface area contributed by atoms with Crippen molar-refractivity contribution in [1.82, 2.24) is 14.8 Å². The average molecular weight is 488 g/mol. The largest absolute Gasteiger partial charge is 0.492 e. The van der Waals surface area contributed by atoms with Crippen LogP contribution in [0.1, 0.15) is 56.9 Å². The highest BCUT2D eigenvalue weighted by Gasteiger charge is 2.54. The number of carbonyl (C=O) groups excluding carboxylic acids is 3. The lowest BCUT2D eigenvalue weighted by molar-refractivity contribution is -0.143. The van der Waals surface area contributed by atoms with E-state index in [1.165, 1.54) is 4.90 Å². The predicted octanol–water partition coefficient (Wildman–Crippen LogP) is 3.73. The molecule has 7 nitrogen and oxygen atoms in total. The van der Waals surface area contributed by atoms with Gasteiger partial charge in [0.2, 0.25) is 17.7 Å². The third-order valence-electron chi connectivity index (χ3n) is 7.21. The minimum absolute atomic E-state index is 0.0282. The normalized spacial score (nSPS) is 20.2. The fraction of sp³-hybridized carbons (Fsp3) is 0.448. The van der Waals surface area contributed by atoms with Crippen LogP contribution < -0.4 is 4.74 Å². The fourth-order valence-corrected chi connectivity index (χ4v) is 5.37. The molecular formula is C29H33N3O4. The molecule has 188 valence electrons. The van der Waals surface area contributed by atoms with E-state index in [4.69, 9.17) is 11.2 Å². The number of imide groups is 1. The van der Waals surface area contributed by atoms with Crippen molar-refractivity contribution in [3.63, 3.8) is 0 Å². The van der Waals surface area contributed by atoms with Gasteiger partial charge in [0, 0.05) is 31.6 Å². The smallest absolute Gasteiger partial charge is 0.240 e. The molecule has 2 aliphatic rings. The van der Waals surface area contributed by atoms with E-state index < -0.39 is 5.41 Å². The van der Waals surface area contributed by atoms with Crippen molar-refractivity contribution in [2.45, 2.75) is 62.8 Å². The number of carbonyl (C=O) groups is 3. The Morgan fingerprint density at radius 1 is 1.14 bits per heavy atom. The van der Waals surface area contributed by atoms with Crippen LogP contribution in [0.5, 0.6) is 5.75 Å². The second-order valence-electron chi connectivity index (χ2n) is 9.56. The Kier molecular flexibility index (Phi) is 8.37. The molecule has 0 spiro atoms. The standard InChI is InChI=1S/C29H33N3O4/c1-2-17-31(24-13-7-4-8-14-24)26(33)20-29(23-11-5-3-6-12-23)21-27(34)32(28(29)35)18-10-19-36-25-15-9-16-30-22-25/h1,3,5-6,9,11-12,15-16,22,24H,4,7-8,10,13-14,17-21H2. The monoisotopic (exact) mass is 487 g/mol. The van der Waals surface area contributed by atoms with E-state index in [-0.39, 0.29) is 49.7 Å². The van der Waals surface area contributed by atoms with Gasteiger partial charge < -0.3 is 9.64 Å². The summed E-state index contributed by atoms with van der Waals surface area (Å²) in [6.07, 6.45) is 14.4. The molecule has 36 heavy (non-hydrogen) atoms. The molecule has 1 aliphatic heterocycles. The van der Waals surface area contributed by atoms with E-state index in [0.29, 0.717) is 24.3 Å². The Morgan fingerprint density at radius 2 is 1.92 bits per heavy atom. The molecule has 1 saturated carbocycles. The summed E-state index contributed by atoms with van der Waals surface area (Å²) in [6, 6.07) is 12.9. The van der Waals surface area contributed by atoms with Crippen LogP contribution in [-0.2, 0) is 19.8 Å². The van der Waals surface area contributed by atoms with E-state index in [2.05, 4.69) is 10.9 Å². The van der Waals surface area contributed by atoms with Gasteiger partial charge in [0.15, 0.2) is 0 Å². The van der Waals surface area contributed by atoms with Gasteiger partial charge in [-0.15, -0.1) is 6.42 Å². The Labute approximate surface area is 212 Å². The van der Waals surface area contributed by atoms with Crippen molar-refractivity contribution in [2.24, 2.45) is 0 Å². The molecule has 1 unspecified atom stereocenters. The summed E-state index contributed by atoms with van der Waals surface area (Å²) in [5, 5.41) is 0. The van der Waals surface area contributed by atoms with Crippen LogP contribution in [-0.4, -0.2) is 58.2 Å². The first-order chi connectivity index (χ1) is 17.5. The number of benzene rings is 1. The van der Waals surface area contributed by atoms with Crippen LogP contribution in [0.15, 0.2) is 54.9 Å². The summed E-state index contributed by atoms with van der Waals surface area (Å²) < 4.78 is 5.67. The second-order valence-corrected chi connectivity index (χ2v) is 9.56. The molecule has 1 aromatic carbocycles. The summed E-state index contributed by atoms with van der Waals surface area (Å²) in [7, 11) is 0. The molecular weight excluding hydrogens is 454 g/mol. The minimum atomic E-state index is -1.22. The maximum absolute atomic E-state index is 13.8. The number of amides is 3. The lowest BCUT2D eigenvalue weighted by Crippen LogP contribution is -2.47. The molecule has 1 atom stereocenters. The van der Waals surface area contributed by atoms with Gasteiger partial charge in [-0.05, 0) is 37.0 Å². The van der Waals surface area contributed by atoms with Gasteiger partial charge >= 0.3 is 0 Å². The Morgan fingerprint density at radius 3 is 2.61 bits per heavy atom. The van der Waals surface area contributed by atoms with Gasteiger partial charge in [-0.25, -0.2) is 0 Å². The summed E-state index contributed by atoms with van der Waals surface area (Å²) in [4.78, 5) is 47.7. The first kappa shape index (κ1) is 25.4. The van der Waals surface area contributed by atoms with Crippen LogP contribution in [0.25, 0.3) is 0 Å². The van der Waals surface area contributed by atoms with Crippen molar-refractivity contribution < 1.29 is 19.1 Å². The van der Waals surface area contributed by atoms with Gasteiger partial charge in [-0.3, -0.25) is 24.3 Å². The Hall–Kier alpha value is -3.66. The van der Waals surface area contributed by atoms with E-state index in [1.807, 2.05) is 30.3 Å². The zero-order valence-electron chi connectivity index (χ0n) is 20.6. The summed E-state index contributed by atoms with van der Waals surface area (Å²) in [5.41, 5.74) is -0.531. The van der Waals surface area contributed by atoms with Gasteiger partial charge in [0.1, 0.15) is 5.75 Å². The zero-order chi connectivity index (χ0) is 25.4. The molecule has 4 rings (SSSR count). The zero-order valence-corrected chi connectivity index (χ0v) is 20.6. The number of likely N-dealkylation sites (tertiary alicyclic amines) is 1.